The van der Waals surface area contributed by atoms with Crippen LogP contribution < -0.4 is 5.32 Å². The highest BCUT2D eigenvalue weighted by molar-refractivity contribution is 5.01. The first-order chi connectivity index (χ1) is 9.85. The summed E-state index contributed by atoms with van der Waals surface area (Å²) in [6.07, 6.45) is 8.64. The second-order valence-corrected chi connectivity index (χ2v) is 6.06. The molecule has 112 valence electrons. The third kappa shape index (κ3) is 3.79. The average molecular weight is 279 g/mol. The summed E-state index contributed by atoms with van der Waals surface area (Å²) in [5, 5.41) is 7.59. The zero-order valence-electron chi connectivity index (χ0n) is 12.3. The lowest BCUT2D eigenvalue weighted by Gasteiger charge is -2.28. The minimum atomic E-state index is 0.359. The Morgan fingerprint density at radius 2 is 2.00 bits per heavy atom. The van der Waals surface area contributed by atoms with E-state index in [1.54, 1.807) is 0 Å². The summed E-state index contributed by atoms with van der Waals surface area (Å²) in [7, 11) is 0. The van der Waals surface area contributed by atoms with Crippen LogP contribution in [0.4, 0.5) is 0 Å². The van der Waals surface area contributed by atoms with Crippen molar-refractivity contribution in [2.24, 2.45) is 0 Å². The molecule has 0 amide bonds. The third-order valence-corrected chi connectivity index (χ3v) is 4.22. The number of nitrogens with zero attached hydrogens (tertiary/aromatic N) is 2. The molecule has 5 nitrogen and oxygen atoms in total. The maximum atomic E-state index is 5.92. The molecule has 0 bridgehead atoms. The Labute approximate surface area is 120 Å². The molecule has 0 spiro atoms. The predicted octanol–water partition coefficient (Wildman–Crippen LogP) is 2.77. The normalized spacial score (nSPS) is 26.9. The molecule has 1 aromatic rings. The van der Waals surface area contributed by atoms with Crippen molar-refractivity contribution < 1.29 is 9.26 Å². The fourth-order valence-corrected chi connectivity index (χ4v) is 2.80. The van der Waals surface area contributed by atoms with Crippen molar-refractivity contribution in [1.82, 2.24) is 15.5 Å². The van der Waals surface area contributed by atoms with E-state index in [1.165, 1.54) is 32.1 Å². The van der Waals surface area contributed by atoms with Crippen LogP contribution in [-0.4, -0.2) is 28.8 Å². The van der Waals surface area contributed by atoms with Crippen molar-refractivity contribution in [2.75, 3.05) is 6.54 Å². The monoisotopic (exact) mass is 279 g/mol. The van der Waals surface area contributed by atoms with Crippen LogP contribution in [0.1, 0.15) is 69.5 Å². The molecule has 2 aliphatic carbocycles. The quantitative estimate of drug-likeness (QED) is 0.831. The maximum Gasteiger partial charge on any atom is 0.229 e. The first-order valence-corrected chi connectivity index (χ1v) is 8.02. The second kappa shape index (κ2) is 6.68. The number of nitrogens with one attached hydrogen (secondary N) is 1. The molecule has 0 unspecified atom stereocenters. The van der Waals surface area contributed by atoms with Gasteiger partial charge in [0.05, 0.1) is 6.10 Å². The lowest BCUT2D eigenvalue weighted by Crippen LogP contribution is -2.35. The van der Waals surface area contributed by atoms with Gasteiger partial charge in [-0.15, -0.1) is 0 Å². The van der Waals surface area contributed by atoms with Gasteiger partial charge in [-0.05, 0) is 51.5 Å². The fraction of sp³-hybridized carbons (Fsp3) is 0.867. The first-order valence-electron chi connectivity index (χ1n) is 8.02. The van der Waals surface area contributed by atoms with Gasteiger partial charge in [-0.2, -0.15) is 4.98 Å². The van der Waals surface area contributed by atoms with E-state index in [0.717, 1.165) is 25.3 Å². The van der Waals surface area contributed by atoms with E-state index in [1.807, 2.05) is 0 Å². The molecule has 20 heavy (non-hydrogen) atoms. The molecule has 3 rings (SSSR count). The molecule has 0 radical (unpaired) electrons. The number of hydrogen-bond acceptors (Lipinski definition) is 5. The van der Waals surface area contributed by atoms with Crippen molar-refractivity contribution in [1.29, 1.82) is 0 Å². The third-order valence-electron chi connectivity index (χ3n) is 4.22. The van der Waals surface area contributed by atoms with E-state index in [9.17, 15) is 0 Å². The number of rotatable bonds is 7. The lowest BCUT2D eigenvalue weighted by atomic mass is 9.93. The zero-order chi connectivity index (χ0) is 13.8. The summed E-state index contributed by atoms with van der Waals surface area (Å²) >= 11 is 0. The molecule has 0 aliphatic heterocycles. The van der Waals surface area contributed by atoms with Gasteiger partial charge < -0.3 is 14.6 Å². The van der Waals surface area contributed by atoms with Crippen LogP contribution >= 0.6 is 0 Å². The Hall–Kier alpha value is -0.940. The Bertz CT molecular complexity index is 409. The number of ether oxygens (including phenoxy) is 1. The summed E-state index contributed by atoms with van der Waals surface area (Å²) in [6.45, 7) is 3.83. The van der Waals surface area contributed by atoms with E-state index < -0.39 is 0 Å². The minimum Gasteiger partial charge on any atom is -0.370 e. The van der Waals surface area contributed by atoms with Crippen molar-refractivity contribution in [3.63, 3.8) is 0 Å². The summed E-state index contributed by atoms with van der Waals surface area (Å²) < 4.78 is 11.2. The van der Waals surface area contributed by atoms with Crippen molar-refractivity contribution >= 4 is 0 Å². The van der Waals surface area contributed by atoms with Gasteiger partial charge in [-0.25, -0.2) is 0 Å². The Morgan fingerprint density at radius 1 is 1.20 bits per heavy atom. The SMILES string of the molecule is CCCNC1CCC(OCc2noc(C3CC3)n2)CC1. The number of aromatic nitrogens is 2. The van der Waals surface area contributed by atoms with Gasteiger partial charge in [0.1, 0.15) is 6.61 Å². The Morgan fingerprint density at radius 3 is 2.70 bits per heavy atom. The smallest absolute Gasteiger partial charge is 0.229 e. The van der Waals surface area contributed by atoms with Crippen LogP contribution in [0.5, 0.6) is 0 Å². The van der Waals surface area contributed by atoms with Crippen molar-refractivity contribution in [2.45, 2.75) is 76.5 Å². The first kappa shape index (κ1) is 14.0. The fourth-order valence-electron chi connectivity index (χ4n) is 2.80. The minimum absolute atomic E-state index is 0.359. The van der Waals surface area contributed by atoms with Crippen molar-refractivity contribution in [3.05, 3.63) is 11.7 Å². The Kier molecular flexibility index (Phi) is 4.68. The Balaban J connectivity index is 1.36. The van der Waals surface area contributed by atoms with Crippen LogP contribution in [0.25, 0.3) is 0 Å². The number of hydrogen-bond donors (Lipinski definition) is 1. The maximum absolute atomic E-state index is 5.92. The molecular weight excluding hydrogens is 254 g/mol. The standard InChI is InChI=1S/C15H25N3O2/c1-2-9-16-12-5-7-13(8-6-12)19-10-14-17-15(20-18-14)11-3-4-11/h11-13,16H,2-10H2,1H3. The predicted molar refractivity (Wildman–Crippen MR) is 75.4 cm³/mol. The average Bonchev–Trinajstić information content (AvgIpc) is 3.23. The molecule has 2 saturated carbocycles. The lowest BCUT2D eigenvalue weighted by molar-refractivity contribution is 0.00747. The summed E-state index contributed by atoms with van der Waals surface area (Å²) in [4.78, 5) is 4.40. The summed E-state index contributed by atoms with van der Waals surface area (Å²) in [6, 6.07) is 0.682. The summed E-state index contributed by atoms with van der Waals surface area (Å²) in [5.74, 6) is 2.03. The van der Waals surface area contributed by atoms with E-state index in [4.69, 9.17) is 9.26 Å². The van der Waals surface area contributed by atoms with Crippen LogP contribution in [0.3, 0.4) is 0 Å². The highest BCUT2D eigenvalue weighted by Crippen LogP contribution is 2.38. The topological polar surface area (TPSA) is 60.2 Å². The van der Waals surface area contributed by atoms with Gasteiger partial charge in [-0.1, -0.05) is 12.1 Å². The van der Waals surface area contributed by atoms with E-state index >= 15 is 0 Å². The van der Waals surface area contributed by atoms with Gasteiger partial charge in [0.15, 0.2) is 5.82 Å². The van der Waals surface area contributed by atoms with E-state index in [2.05, 4.69) is 22.4 Å². The highest BCUT2D eigenvalue weighted by atomic mass is 16.5. The van der Waals surface area contributed by atoms with Gasteiger partial charge >= 0.3 is 0 Å². The van der Waals surface area contributed by atoms with Gasteiger partial charge in [-0.3, -0.25) is 0 Å². The van der Waals surface area contributed by atoms with Gasteiger partial charge in [0.25, 0.3) is 0 Å². The van der Waals surface area contributed by atoms with Gasteiger partial charge in [0.2, 0.25) is 5.89 Å². The highest BCUT2D eigenvalue weighted by Gasteiger charge is 2.29. The summed E-state index contributed by atoms with van der Waals surface area (Å²) in [5.41, 5.74) is 0. The van der Waals surface area contributed by atoms with Crippen molar-refractivity contribution in [3.8, 4) is 0 Å². The van der Waals surface area contributed by atoms with Crippen LogP contribution in [0.2, 0.25) is 0 Å². The van der Waals surface area contributed by atoms with Crippen LogP contribution in [-0.2, 0) is 11.3 Å². The molecule has 1 heterocycles. The molecule has 1 aromatic heterocycles. The molecule has 1 N–H and O–H groups in total. The largest absolute Gasteiger partial charge is 0.370 e. The second-order valence-electron chi connectivity index (χ2n) is 6.06. The molecule has 5 heteroatoms. The van der Waals surface area contributed by atoms with Crippen LogP contribution in [0.15, 0.2) is 4.52 Å². The molecular formula is C15H25N3O2. The molecule has 0 saturated heterocycles. The van der Waals surface area contributed by atoms with E-state index in [-0.39, 0.29) is 0 Å². The molecule has 2 fully saturated rings. The molecule has 0 aromatic carbocycles. The van der Waals surface area contributed by atoms with Gasteiger partial charge in [0, 0.05) is 12.0 Å². The zero-order valence-corrected chi connectivity index (χ0v) is 12.3. The van der Waals surface area contributed by atoms with Crippen LogP contribution in [0, 0.1) is 0 Å². The molecule has 2 aliphatic rings. The molecule has 0 atom stereocenters. The van der Waals surface area contributed by atoms with E-state index in [0.29, 0.717) is 30.5 Å².